The number of carboxylic acids is 1. The maximum absolute atomic E-state index is 11.9. The van der Waals surface area contributed by atoms with Crippen LogP contribution in [0.25, 0.3) is 0 Å². The highest BCUT2D eigenvalue weighted by atomic mass is 35.5. The van der Waals surface area contributed by atoms with Gasteiger partial charge in [-0.1, -0.05) is 35.9 Å². The first-order chi connectivity index (χ1) is 9.58. The van der Waals surface area contributed by atoms with E-state index in [0.29, 0.717) is 15.5 Å². The maximum Gasteiger partial charge on any atom is 0.307 e. The van der Waals surface area contributed by atoms with E-state index in [2.05, 4.69) is 5.32 Å². The van der Waals surface area contributed by atoms with Crippen molar-refractivity contribution in [2.45, 2.75) is 13.0 Å². The summed E-state index contributed by atoms with van der Waals surface area (Å²) in [6, 6.07) is 8.80. The smallest absolute Gasteiger partial charge is 0.307 e. The SMILES string of the molecule is O=C(O)Cc1ccccc1CNC(=O)c1sccc1Cl. The zero-order chi connectivity index (χ0) is 14.5. The number of nitrogens with one attached hydrogen (secondary N) is 1. The van der Waals surface area contributed by atoms with Crippen molar-refractivity contribution in [1.29, 1.82) is 0 Å². The molecule has 0 aliphatic rings. The molecule has 0 bridgehead atoms. The van der Waals surface area contributed by atoms with Gasteiger partial charge in [0, 0.05) is 6.54 Å². The number of benzene rings is 1. The molecule has 0 atom stereocenters. The lowest BCUT2D eigenvalue weighted by Crippen LogP contribution is -2.23. The Morgan fingerprint density at radius 3 is 2.50 bits per heavy atom. The summed E-state index contributed by atoms with van der Waals surface area (Å²) in [5.41, 5.74) is 1.48. The largest absolute Gasteiger partial charge is 0.481 e. The average molecular weight is 310 g/mol. The van der Waals surface area contributed by atoms with Gasteiger partial charge < -0.3 is 10.4 Å². The molecule has 0 radical (unpaired) electrons. The van der Waals surface area contributed by atoms with Crippen LogP contribution in [0.2, 0.25) is 5.02 Å². The summed E-state index contributed by atoms with van der Waals surface area (Å²) in [4.78, 5) is 23.2. The number of amides is 1. The normalized spacial score (nSPS) is 10.2. The third kappa shape index (κ3) is 3.59. The minimum Gasteiger partial charge on any atom is -0.481 e. The van der Waals surface area contributed by atoms with Gasteiger partial charge in [0.05, 0.1) is 11.4 Å². The van der Waals surface area contributed by atoms with Gasteiger partial charge in [-0.3, -0.25) is 9.59 Å². The minimum absolute atomic E-state index is 0.0637. The fourth-order valence-electron chi connectivity index (χ4n) is 1.78. The van der Waals surface area contributed by atoms with Crippen molar-refractivity contribution in [3.8, 4) is 0 Å². The van der Waals surface area contributed by atoms with Crippen molar-refractivity contribution >= 4 is 34.8 Å². The standard InChI is InChI=1S/C14H12ClNO3S/c15-11-5-6-20-13(11)14(19)16-8-10-4-2-1-3-9(10)7-12(17)18/h1-6H,7-8H2,(H,16,19)(H,17,18). The van der Waals surface area contributed by atoms with E-state index in [1.54, 1.807) is 29.6 Å². The number of thiophene rings is 1. The van der Waals surface area contributed by atoms with E-state index in [1.165, 1.54) is 11.3 Å². The predicted molar refractivity (Wildman–Crippen MR) is 78.3 cm³/mol. The van der Waals surface area contributed by atoms with Gasteiger partial charge in [0.15, 0.2) is 0 Å². The van der Waals surface area contributed by atoms with Crippen LogP contribution in [0.15, 0.2) is 35.7 Å². The fraction of sp³-hybridized carbons (Fsp3) is 0.143. The molecule has 0 aliphatic heterocycles. The zero-order valence-electron chi connectivity index (χ0n) is 10.4. The lowest BCUT2D eigenvalue weighted by atomic mass is 10.0. The van der Waals surface area contributed by atoms with Crippen molar-refractivity contribution in [2.24, 2.45) is 0 Å². The lowest BCUT2D eigenvalue weighted by Gasteiger charge is -2.09. The molecule has 1 amide bonds. The van der Waals surface area contributed by atoms with Gasteiger partial charge in [0.25, 0.3) is 5.91 Å². The highest BCUT2D eigenvalue weighted by Crippen LogP contribution is 2.21. The molecule has 104 valence electrons. The van der Waals surface area contributed by atoms with Gasteiger partial charge in [-0.25, -0.2) is 0 Å². The molecule has 1 aromatic carbocycles. The van der Waals surface area contributed by atoms with Crippen LogP contribution in [0.1, 0.15) is 20.8 Å². The topological polar surface area (TPSA) is 66.4 Å². The second-order valence-electron chi connectivity index (χ2n) is 4.12. The summed E-state index contributed by atoms with van der Waals surface area (Å²) in [7, 11) is 0. The molecule has 1 heterocycles. The molecule has 2 N–H and O–H groups in total. The summed E-state index contributed by atoms with van der Waals surface area (Å²) in [5.74, 6) is -1.15. The highest BCUT2D eigenvalue weighted by Gasteiger charge is 2.12. The predicted octanol–water partition coefficient (Wildman–Crippen LogP) is 2.96. The Bertz CT molecular complexity index is 639. The Hall–Kier alpha value is -1.85. The van der Waals surface area contributed by atoms with Crippen molar-refractivity contribution in [3.05, 3.63) is 56.7 Å². The summed E-state index contributed by atoms with van der Waals surface area (Å²) in [5, 5.41) is 13.8. The number of hydrogen-bond acceptors (Lipinski definition) is 3. The number of aliphatic carboxylic acids is 1. The third-order valence-electron chi connectivity index (χ3n) is 2.72. The number of rotatable bonds is 5. The summed E-state index contributed by atoms with van der Waals surface area (Å²) in [6.07, 6.45) is -0.0637. The minimum atomic E-state index is -0.898. The van der Waals surface area contributed by atoms with E-state index in [1.807, 2.05) is 6.07 Å². The maximum atomic E-state index is 11.9. The molecule has 4 nitrogen and oxygen atoms in total. The molecule has 2 aromatic rings. The first-order valence-corrected chi connectivity index (χ1v) is 7.13. The summed E-state index contributed by atoms with van der Waals surface area (Å²) >= 11 is 7.16. The first-order valence-electron chi connectivity index (χ1n) is 5.87. The second-order valence-corrected chi connectivity index (χ2v) is 5.44. The van der Waals surface area contributed by atoms with Gasteiger partial charge in [-0.05, 0) is 22.6 Å². The van der Waals surface area contributed by atoms with Crippen molar-refractivity contribution in [2.75, 3.05) is 0 Å². The molecule has 0 unspecified atom stereocenters. The molecular weight excluding hydrogens is 298 g/mol. The van der Waals surface area contributed by atoms with Crippen molar-refractivity contribution in [3.63, 3.8) is 0 Å². The van der Waals surface area contributed by atoms with Gasteiger partial charge in [-0.2, -0.15) is 0 Å². The Labute approximate surface area is 125 Å². The monoisotopic (exact) mass is 309 g/mol. The van der Waals surface area contributed by atoms with Crippen LogP contribution in [0.3, 0.4) is 0 Å². The Morgan fingerprint density at radius 1 is 1.20 bits per heavy atom. The first kappa shape index (κ1) is 14.6. The Balaban J connectivity index is 2.06. The second kappa shape index (κ2) is 6.54. The molecule has 2 rings (SSSR count). The Kier molecular flexibility index (Phi) is 4.76. The molecule has 0 saturated heterocycles. The molecule has 0 spiro atoms. The molecule has 0 aliphatic carbocycles. The molecule has 6 heteroatoms. The quantitative estimate of drug-likeness (QED) is 0.892. The van der Waals surface area contributed by atoms with Gasteiger partial charge >= 0.3 is 5.97 Å². The van der Waals surface area contributed by atoms with E-state index in [4.69, 9.17) is 16.7 Å². The van der Waals surface area contributed by atoms with Crippen LogP contribution >= 0.6 is 22.9 Å². The van der Waals surface area contributed by atoms with E-state index in [9.17, 15) is 9.59 Å². The zero-order valence-corrected chi connectivity index (χ0v) is 12.0. The Morgan fingerprint density at radius 2 is 1.90 bits per heavy atom. The third-order valence-corrected chi connectivity index (χ3v) is 4.06. The lowest BCUT2D eigenvalue weighted by molar-refractivity contribution is -0.136. The van der Waals surface area contributed by atoms with Crippen molar-refractivity contribution < 1.29 is 14.7 Å². The summed E-state index contributed by atoms with van der Waals surface area (Å²) < 4.78 is 0. The summed E-state index contributed by atoms with van der Waals surface area (Å²) in [6.45, 7) is 0.274. The molecule has 1 aromatic heterocycles. The van der Waals surface area contributed by atoms with Gasteiger partial charge in [0.1, 0.15) is 4.88 Å². The van der Waals surface area contributed by atoms with Crippen LogP contribution in [-0.2, 0) is 17.8 Å². The molecule has 0 fully saturated rings. The molecular formula is C14H12ClNO3S. The van der Waals surface area contributed by atoms with Crippen LogP contribution in [0, 0.1) is 0 Å². The fourth-order valence-corrected chi connectivity index (χ4v) is 2.83. The van der Waals surface area contributed by atoms with Crippen molar-refractivity contribution in [1.82, 2.24) is 5.32 Å². The number of hydrogen-bond donors (Lipinski definition) is 2. The molecule has 0 saturated carbocycles. The average Bonchev–Trinajstić information content (AvgIpc) is 2.83. The van der Waals surface area contributed by atoms with Gasteiger partial charge in [0.2, 0.25) is 0 Å². The van der Waals surface area contributed by atoms with Crippen LogP contribution in [0.5, 0.6) is 0 Å². The van der Waals surface area contributed by atoms with Crippen LogP contribution in [0.4, 0.5) is 0 Å². The number of carboxylic acid groups (broad SMARTS) is 1. The number of halogens is 1. The van der Waals surface area contributed by atoms with Crippen LogP contribution < -0.4 is 5.32 Å². The van der Waals surface area contributed by atoms with E-state index < -0.39 is 5.97 Å². The number of carbonyl (C=O) groups is 2. The molecule has 20 heavy (non-hydrogen) atoms. The van der Waals surface area contributed by atoms with E-state index >= 15 is 0 Å². The van der Waals surface area contributed by atoms with E-state index in [0.717, 1.165) is 5.56 Å². The van der Waals surface area contributed by atoms with Crippen LogP contribution in [-0.4, -0.2) is 17.0 Å². The number of carbonyl (C=O) groups excluding carboxylic acids is 1. The van der Waals surface area contributed by atoms with Gasteiger partial charge in [-0.15, -0.1) is 11.3 Å². The van der Waals surface area contributed by atoms with E-state index in [-0.39, 0.29) is 18.9 Å². The highest BCUT2D eigenvalue weighted by molar-refractivity contribution is 7.12.